The molecule has 3 heteroatoms. The predicted octanol–water partition coefficient (Wildman–Crippen LogP) is 2.98. The molecule has 0 spiro atoms. The van der Waals surface area contributed by atoms with Gasteiger partial charge in [-0.05, 0) is 12.0 Å². The van der Waals surface area contributed by atoms with Crippen molar-refractivity contribution in [1.82, 2.24) is 0 Å². The minimum absolute atomic E-state index is 0.507. The van der Waals surface area contributed by atoms with E-state index < -0.39 is 0 Å². The molecule has 2 N–H and O–H groups in total. The summed E-state index contributed by atoms with van der Waals surface area (Å²) in [7, 11) is 0. The molecule has 11 heavy (non-hydrogen) atoms. The Labute approximate surface area is 76.2 Å². The van der Waals surface area contributed by atoms with E-state index >= 15 is 0 Å². The van der Waals surface area contributed by atoms with Crippen LogP contribution in [-0.4, -0.2) is 0 Å². The number of hydrogen-bond acceptors (Lipinski definition) is 2. The minimum Gasteiger partial charge on any atom is -0.326 e. The first-order valence-corrected chi connectivity index (χ1v) is 4.82. The van der Waals surface area contributed by atoms with Crippen LogP contribution in [0.2, 0.25) is 5.02 Å². The van der Waals surface area contributed by atoms with Crippen molar-refractivity contribution in [2.24, 2.45) is 5.73 Å². The standard InChI is InChI=1S/C8H12ClNS/c1-5(2)8-7(9)3-6(4-10)11-8/h3,5H,4,10H2,1-2H3. The second-order valence-electron chi connectivity index (χ2n) is 2.78. The van der Waals surface area contributed by atoms with E-state index in [2.05, 4.69) is 13.8 Å². The Hall–Kier alpha value is -0.0500. The molecule has 0 saturated heterocycles. The summed E-state index contributed by atoms with van der Waals surface area (Å²) in [5.74, 6) is 0.507. The summed E-state index contributed by atoms with van der Waals surface area (Å²) in [6, 6.07) is 1.96. The van der Waals surface area contributed by atoms with E-state index in [4.69, 9.17) is 17.3 Å². The van der Waals surface area contributed by atoms with E-state index in [0.717, 1.165) is 5.02 Å². The predicted molar refractivity (Wildman–Crippen MR) is 51.3 cm³/mol. The zero-order valence-electron chi connectivity index (χ0n) is 6.73. The summed E-state index contributed by atoms with van der Waals surface area (Å²) in [5.41, 5.74) is 5.48. The van der Waals surface area contributed by atoms with Crippen LogP contribution in [0.25, 0.3) is 0 Å². The summed E-state index contributed by atoms with van der Waals surface area (Å²) >= 11 is 7.68. The molecular formula is C8H12ClNS. The quantitative estimate of drug-likeness (QED) is 0.761. The molecule has 0 radical (unpaired) electrons. The van der Waals surface area contributed by atoms with Crippen molar-refractivity contribution in [3.05, 3.63) is 20.8 Å². The van der Waals surface area contributed by atoms with Crippen molar-refractivity contribution in [2.45, 2.75) is 26.3 Å². The molecule has 0 fully saturated rings. The molecule has 0 bridgehead atoms. The number of thiophene rings is 1. The van der Waals surface area contributed by atoms with Gasteiger partial charge in [-0.2, -0.15) is 0 Å². The third-order valence-corrected chi connectivity index (χ3v) is 3.37. The van der Waals surface area contributed by atoms with E-state index in [-0.39, 0.29) is 0 Å². The maximum atomic E-state index is 5.97. The Morgan fingerprint density at radius 1 is 1.64 bits per heavy atom. The van der Waals surface area contributed by atoms with Gasteiger partial charge in [0.1, 0.15) is 0 Å². The van der Waals surface area contributed by atoms with Gasteiger partial charge in [-0.3, -0.25) is 0 Å². The third-order valence-electron chi connectivity index (χ3n) is 1.49. The Balaban J connectivity index is 2.97. The van der Waals surface area contributed by atoms with Crippen molar-refractivity contribution >= 4 is 22.9 Å². The Bertz CT molecular complexity index is 242. The van der Waals surface area contributed by atoms with Gasteiger partial charge in [-0.25, -0.2) is 0 Å². The van der Waals surface area contributed by atoms with Crippen molar-refractivity contribution in [3.63, 3.8) is 0 Å². The molecule has 0 amide bonds. The minimum atomic E-state index is 0.507. The van der Waals surface area contributed by atoms with Crippen LogP contribution in [0.3, 0.4) is 0 Å². The normalized spacial score (nSPS) is 11.0. The van der Waals surface area contributed by atoms with Gasteiger partial charge in [0.05, 0.1) is 5.02 Å². The number of nitrogens with two attached hydrogens (primary N) is 1. The fourth-order valence-electron chi connectivity index (χ4n) is 0.926. The van der Waals surface area contributed by atoms with Crippen molar-refractivity contribution in [1.29, 1.82) is 0 Å². The molecule has 1 rings (SSSR count). The SMILES string of the molecule is CC(C)c1sc(CN)cc1Cl. The summed E-state index contributed by atoms with van der Waals surface area (Å²) in [5, 5.41) is 0.866. The average Bonchev–Trinajstić information content (AvgIpc) is 2.30. The molecule has 0 aliphatic rings. The van der Waals surface area contributed by atoms with Crippen LogP contribution < -0.4 is 5.73 Å². The van der Waals surface area contributed by atoms with Crippen molar-refractivity contribution < 1.29 is 0 Å². The zero-order valence-corrected chi connectivity index (χ0v) is 8.30. The Morgan fingerprint density at radius 2 is 2.27 bits per heavy atom. The van der Waals surface area contributed by atoms with Gasteiger partial charge in [-0.15, -0.1) is 11.3 Å². The number of hydrogen-bond donors (Lipinski definition) is 1. The van der Waals surface area contributed by atoms with E-state index in [1.54, 1.807) is 11.3 Å². The molecule has 0 aliphatic carbocycles. The summed E-state index contributed by atoms with van der Waals surface area (Å²) in [6.07, 6.45) is 0. The summed E-state index contributed by atoms with van der Waals surface area (Å²) < 4.78 is 0. The van der Waals surface area contributed by atoms with Crippen molar-refractivity contribution in [3.8, 4) is 0 Å². The fourth-order valence-corrected chi connectivity index (χ4v) is 2.39. The van der Waals surface area contributed by atoms with Crippen LogP contribution in [-0.2, 0) is 6.54 Å². The molecule has 62 valence electrons. The lowest BCUT2D eigenvalue weighted by Crippen LogP contribution is -1.91. The third kappa shape index (κ3) is 1.95. The lowest BCUT2D eigenvalue weighted by molar-refractivity contribution is 0.890. The van der Waals surface area contributed by atoms with Gasteiger partial charge >= 0.3 is 0 Å². The summed E-state index contributed by atoms with van der Waals surface area (Å²) in [4.78, 5) is 2.41. The smallest absolute Gasteiger partial charge is 0.0551 e. The molecule has 0 atom stereocenters. The second kappa shape index (κ2) is 3.57. The van der Waals surface area contributed by atoms with Gasteiger partial charge in [0.15, 0.2) is 0 Å². The maximum Gasteiger partial charge on any atom is 0.0551 e. The van der Waals surface area contributed by atoms with Crippen LogP contribution in [0, 0.1) is 0 Å². The lowest BCUT2D eigenvalue weighted by Gasteiger charge is -1.99. The van der Waals surface area contributed by atoms with E-state index in [9.17, 15) is 0 Å². The highest BCUT2D eigenvalue weighted by Crippen LogP contribution is 2.32. The van der Waals surface area contributed by atoms with Crippen LogP contribution in [0.5, 0.6) is 0 Å². The van der Waals surface area contributed by atoms with Gasteiger partial charge in [0.2, 0.25) is 0 Å². The molecule has 0 saturated carbocycles. The number of halogens is 1. The topological polar surface area (TPSA) is 26.0 Å². The van der Waals surface area contributed by atoms with Crippen LogP contribution in [0.1, 0.15) is 29.5 Å². The van der Waals surface area contributed by atoms with Gasteiger partial charge in [0, 0.05) is 16.3 Å². The van der Waals surface area contributed by atoms with E-state index in [1.165, 1.54) is 9.75 Å². The summed E-state index contributed by atoms with van der Waals surface area (Å²) in [6.45, 7) is 4.87. The highest BCUT2D eigenvalue weighted by molar-refractivity contribution is 7.12. The Kier molecular flexibility index (Phi) is 2.93. The van der Waals surface area contributed by atoms with Gasteiger partial charge < -0.3 is 5.73 Å². The molecular weight excluding hydrogens is 178 g/mol. The first-order valence-electron chi connectivity index (χ1n) is 3.63. The second-order valence-corrected chi connectivity index (χ2v) is 4.36. The van der Waals surface area contributed by atoms with E-state index in [1.807, 2.05) is 6.07 Å². The van der Waals surface area contributed by atoms with Crippen LogP contribution in [0.4, 0.5) is 0 Å². The average molecular weight is 190 g/mol. The highest BCUT2D eigenvalue weighted by Gasteiger charge is 2.08. The zero-order chi connectivity index (χ0) is 8.43. The molecule has 1 aromatic heterocycles. The molecule has 1 heterocycles. The van der Waals surface area contributed by atoms with Gasteiger partial charge in [0.25, 0.3) is 0 Å². The molecule has 0 aliphatic heterocycles. The molecule has 0 unspecified atom stereocenters. The fraction of sp³-hybridized carbons (Fsp3) is 0.500. The Morgan fingerprint density at radius 3 is 2.55 bits per heavy atom. The van der Waals surface area contributed by atoms with Crippen LogP contribution >= 0.6 is 22.9 Å². The molecule has 1 nitrogen and oxygen atoms in total. The molecule has 1 aromatic rings. The highest BCUT2D eigenvalue weighted by atomic mass is 35.5. The lowest BCUT2D eigenvalue weighted by atomic mass is 10.2. The van der Waals surface area contributed by atoms with Crippen molar-refractivity contribution in [2.75, 3.05) is 0 Å². The monoisotopic (exact) mass is 189 g/mol. The number of rotatable bonds is 2. The molecule has 0 aromatic carbocycles. The largest absolute Gasteiger partial charge is 0.326 e. The van der Waals surface area contributed by atoms with E-state index in [0.29, 0.717) is 12.5 Å². The van der Waals surface area contributed by atoms with Gasteiger partial charge in [-0.1, -0.05) is 25.4 Å². The first-order chi connectivity index (χ1) is 5.15. The maximum absolute atomic E-state index is 5.97. The van der Waals surface area contributed by atoms with Crippen LogP contribution in [0.15, 0.2) is 6.07 Å². The first kappa shape index (κ1) is 9.04.